The van der Waals surface area contributed by atoms with E-state index in [2.05, 4.69) is 17.0 Å². The molecule has 1 N–H and O–H groups in total. The number of benzene rings is 1. The van der Waals surface area contributed by atoms with E-state index < -0.39 is 5.97 Å². The number of rotatable bonds is 3. The molecular weight excluding hydrogens is 202 g/mol. The number of aliphatic carboxylic acids is 1. The van der Waals surface area contributed by atoms with Crippen LogP contribution in [-0.4, -0.2) is 28.6 Å². The third kappa shape index (κ3) is 2.25. The molecule has 1 aliphatic rings. The number of carboxylic acid groups (broad SMARTS) is 1. The van der Waals surface area contributed by atoms with E-state index in [9.17, 15) is 4.79 Å². The van der Waals surface area contributed by atoms with E-state index in [-0.39, 0.29) is 12.0 Å². The molecule has 0 saturated carbocycles. The van der Waals surface area contributed by atoms with Gasteiger partial charge in [-0.1, -0.05) is 30.3 Å². The standard InChI is InChI=1S/C13H17NO2/c1-10-12(13(15)16)7-8-14(10)9-11-5-3-2-4-6-11/h2-6,10,12H,7-9H2,1H3,(H,15,16). The fourth-order valence-electron chi connectivity index (χ4n) is 2.38. The maximum absolute atomic E-state index is 11.0. The number of hydrogen-bond acceptors (Lipinski definition) is 2. The Bertz CT molecular complexity index is 363. The Morgan fingerprint density at radius 2 is 2.12 bits per heavy atom. The van der Waals surface area contributed by atoms with Gasteiger partial charge in [0, 0.05) is 12.6 Å². The normalized spacial score (nSPS) is 25.8. The fourth-order valence-corrected chi connectivity index (χ4v) is 2.38. The highest BCUT2D eigenvalue weighted by Gasteiger charge is 2.35. The molecule has 1 saturated heterocycles. The van der Waals surface area contributed by atoms with Gasteiger partial charge in [0.15, 0.2) is 0 Å². The number of likely N-dealkylation sites (tertiary alicyclic amines) is 1. The first-order chi connectivity index (χ1) is 7.68. The zero-order valence-corrected chi connectivity index (χ0v) is 9.47. The first-order valence-electron chi connectivity index (χ1n) is 5.69. The van der Waals surface area contributed by atoms with Gasteiger partial charge >= 0.3 is 5.97 Å². The Labute approximate surface area is 95.7 Å². The van der Waals surface area contributed by atoms with Gasteiger partial charge in [0.1, 0.15) is 0 Å². The second-order valence-corrected chi connectivity index (χ2v) is 4.43. The minimum Gasteiger partial charge on any atom is -0.481 e. The van der Waals surface area contributed by atoms with Gasteiger partial charge < -0.3 is 5.11 Å². The zero-order chi connectivity index (χ0) is 11.5. The SMILES string of the molecule is CC1C(C(=O)O)CCN1Cc1ccccc1. The van der Waals surface area contributed by atoms with Crippen molar-refractivity contribution >= 4 is 5.97 Å². The lowest BCUT2D eigenvalue weighted by molar-refractivity contribution is -0.142. The highest BCUT2D eigenvalue weighted by atomic mass is 16.4. The zero-order valence-electron chi connectivity index (χ0n) is 9.47. The average molecular weight is 219 g/mol. The molecule has 1 aromatic rings. The summed E-state index contributed by atoms with van der Waals surface area (Å²) in [5, 5.41) is 9.04. The molecule has 2 atom stereocenters. The van der Waals surface area contributed by atoms with E-state index in [4.69, 9.17) is 5.11 Å². The molecule has 86 valence electrons. The Hall–Kier alpha value is -1.35. The molecule has 1 fully saturated rings. The van der Waals surface area contributed by atoms with Crippen molar-refractivity contribution in [2.45, 2.75) is 25.9 Å². The van der Waals surface area contributed by atoms with Crippen molar-refractivity contribution in [1.82, 2.24) is 4.90 Å². The summed E-state index contributed by atoms with van der Waals surface area (Å²) in [6, 6.07) is 10.3. The Balaban J connectivity index is 2.00. The molecular formula is C13H17NO2. The van der Waals surface area contributed by atoms with Gasteiger partial charge in [-0.2, -0.15) is 0 Å². The molecule has 3 heteroatoms. The summed E-state index contributed by atoms with van der Waals surface area (Å²) < 4.78 is 0. The number of carbonyl (C=O) groups is 1. The third-order valence-electron chi connectivity index (χ3n) is 3.43. The molecule has 2 rings (SSSR count). The highest BCUT2D eigenvalue weighted by Crippen LogP contribution is 2.25. The maximum atomic E-state index is 11.0. The van der Waals surface area contributed by atoms with Crippen LogP contribution in [0, 0.1) is 5.92 Å². The van der Waals surface area contributed by atoms with Crippen molar-refractivity contribution in [3.8, 4) is 0 Å². The van der Waals surface area contributed by atoms with E-state index in [1.807, 2.05) is 25.1 Å². The lowest BCUT2D eigenvalue weighted by Crippen LogP contribution is -2.32. The predicted molar refractivity (Wildman–Crippen MR) is 62.1 cm³/mol. The van der Waals surface area contributed by atoms with Crippen LogP contribution in [0.25, 0.3) is 0 Å². The van der Waals surface area contributed by atoms with Crippen molar-refractivity contribution < 1.29 is 9.90 Å². The quantitative estimate of drug-likeness (QED) is 0.845. The maximum Gasteiger partial charge on any atom is 0.308 e. The summed E-state index contributed by atoms with van der Waals surface area (Å²) in [6.07, 6.45) is 0.767. The van der Waals surface area contributed by atoms with Crippen molar-refractivity contribution in [1.29, 1.82) is 0 Å². The topological polar surface area (TPSA) is 40.5 Å². The molecule has 3 nitrogen and oxygen atoms in total. The van der Waals surface area contributed by atoms with Crippen LogP contribution in [0.4, 0.5) is 0 Å². The van der Waals surface area contributed by atoms with E-state index >= 15 is 0 Å². The minimum absolute atomic E-state index is 0.137. The van der Waals surface area contributed by atoms with Crippen LogP contribution >= 0.6 is 0 Å². The summed E-state index contributed by atoms with van der Waals surface area (Å²) in [5.41, 5.74) is 1.25. The monoisotopic (exact) mass is 219 g/mol. The van der Waals surface area contributed by atoms with E-state index in [0.717, 1.165) is 19.5 Å². The van der Waals surface area contributed by atoms with Gasteiger partial charge in [-0.25, -0.2) is 0 Å². The molecule has 2 unspecified atom stereocenters. The second kappa shape index (κ2) is 4.66. The van der Waals surface area contributed by atoms with Crippen LogP contribution in [0.3, 0.4) is 0 Å². The first-order valence-corrected chi connectivity index (χ1v) is 5.69. The highest BCUT2D eigenvalue weighted by molar-refractivity contribution is 5.71. The largest absolute Gasteiger partial charge is 0.481 e. The smallest absolute Gasteiger partial charge is 0.308 e. The third-order valence-corrected chi connectivity index (χ3v) is 3.43. The lowest BCUT2D eigenvalue weighted by atomic mass is 10.0. The van der Waals surface area contributed by atoms with Crippen molar-refractivity contribution in [3.63, 3.8) is 0 Å². The van der Waals surface area contributed by atoms with Crippen LogP contribution in [-0.2, 0) is 11.3 Å². The van der Waals surface area contributed by atoms with E-state index in [0.29, 0.717) is 0 Å². The van der Waals surface area contributed by atoms with E-state index in [1.54, 1.807) is 0 Å². The van der Waals surface area contributed by atoms with Gasteiger partial charge in [-0.05, 0) is 25.5 Å². The van der Waals surface area contributed by atoms with Crippen LogP contribution in [0.5, 0.6) is 0 Å². The lowest BCUT2D eigenvalue weighted by Gasteiger charge is -2.22. The van der Waals surface area contributed by atoms with Gasteiger partial charge in [0.2, 0.25) is 0 Å². The van der Waals surface area contributed by atoms with Gasteiger partial charge in [0.25, 0.3) is 0 Å². The Kier molecular flexibility index (Phi) is 3.25. The van der Waals surface area contributed by atoms with Gasteiger partial charge in [-0.15, -0.1) is 0 Å². The van der Waals surface area contributed by atoms with Crippen LogP contribution in [0.15, 0.2) is 30.3 Å². The molecule has 0 bridgehead atoms. The van der Waals surface area contributed by atoms with Gasteiger partial charge in [-0.3, -0.25) is 9.69 Å². The van der Waals surface area contributed by atoms with Crippen LogP contribution in [0.1, 0.15) is 18.9 Å². The molecule has 16 heavy (non-hydrogen) atoms. The Morgan fingerprint density at radius 3 is 2.69 bits per heavy atom. The fraction of sp³-hybridized carbons (Fsp3) is 0.462. The molecule has 0 aliphatic carbocycles. The summed E-state index contributed by atoms with van der Waals surface area (Å²) >= 11 is 0. The van der Waals surface area contributed by atoms with Crippen molar-refractivity contribution in [2.24, 2.45) is 5.92 Å². The summed E-state index contributed by atoms with van der Waals surface area (Å²) in [6.45, 7) is 3.74. The molecule has 0 radical (unpaired) electrons. The molecule has 1 aliphatic heterocycles. The van der Waals surface area contributed by atoms with E-state index in [1.165, 1.54) is 5.56 Å². The molecule has 0 amide bonds. The molecule has 0 spiro atoms. The van der Waals surface area contributed by atoms with Gasteiger partial charge in [0.05, 0.1) is 5.92 Å². The number of hydrogen-bond donors (Lipinski definition) is 1. The van der Waals surface area contributed by atoms with Crippen molar-refractivity contribution in [2.75, 3.05) is 6.54 Å². The minimum atomic E-state index is -0.664. The second-order valence-electron chi connectivity index (χ2n) is 4.43. The number of nitrogens with zero attached hydrogens (tertiary/aromatic N) is 1. The summed E-state index contributed by atoms with van der Waals surface area (Å²) in [7, 11) is 0. The molecule has 1 aromatic carbocycles. The first kappa shape index (κ1) is 11.1. The molecule has 1 heterocycles. The predicted octanol–water partition coefficient (Wildman–Crippen LogP) is 1.98. The summed E-state index contributed by atoms with van der Waals surface area (Å²) in [5.74, 6) is -0.869. The number of carboxylic acids is 1. The summed E-state index contributed by atoms with van der Waals surface area (Å²) in [4.78, 5) is 13.2. The average Bonchev–Trinajstić information content (AvgIpc) is 2.62. The van der Waals surface area contributed by atoms with Crippen molar-refractivity contribution in [3.05, 3.63) is 35.9 Å². The molecule has 0 aromatic heterocycles. The van der Waals surface area contributed by atoms with Crippen LogP contribution < -0.4 is 0 Å². The Morgan fingerprint density at radius 1 is 1.44 bits per heavy atom. The van der Waals surface area contributed by atoms with Crippen LogP contribution in [0.2, 0.25) is 0 Å².